The molecule has 2 N–H and O–H groups in total. The molecule has 0 aliphatic heterocycles. The molecule has 5 rings (SSSR count). The topological polar surface area (TPSA) is 173 Å². The van der Waals surface area contributed by atoms with Crippen molar-refractivity contribution in [1.29, 1.82) is 0 Å². The molecule has 2 amide bonds. The Kier molecular flexibility index (Phi) is 10.8. The summed E-state index contributed by atoms with van der Waals surface area (Å²) in [5.41, 5.74) is 1.05. The molecule has 10 nitrogen and oxygen atoms in total. The predicted octanol–water partition coefficient (Wildman–Crippen LogP) is -1.69. The van der Waals surface area contributed by atoms with Crippen LogP contribution in [0.3, 0.4) is 0 Å². The molecule has 202 valence electrons. The number of fused-ring (bicyclic) bond motifs is 2. The molecule has 0 aromatic heterocycles. The van der Waals surface area contributed by atoms with Crippen molar-refractivity contribution in [3.8, 4) is 0 Å². The number of hydrogen-bond donors (Lipinski definition) is 2. The summed E-state index contributed by atoms with van der Waals surface area (Å²) in [5.74, 6) is -1.06. The number of carbonyl (C=O) groups excluding carboxylic acids is 2. The zero-order valence-electron chi connectivity index (χ0n) is 22.3. The van der Waals surface area contributed by atoms with Crippen LogP contribution in [0.4, 0.5) is 11.4 Å². The van der Waals surface area contributed by atoms with Crippen LogP contribution in [0.15, 0.2) is 107 Å². The fourth-order valence-corrected chi connectivity index (χ4v) is 5.14. The van der Waals surface area contributed by atoms with E-state index in [2.05, 4.69) is 10.6 Å². The van der Waals surface area contributed by atoms with Crippen LogP contribution in [0, 0.1) is 0 Å². The van der Waals surface area contributed by atoms with E-state index in [1.807, 2.05) is 0 Å². The van der Waals surface area contributed by atoms with Crippen LogP contribution in [-0.4, -0.2) is 37.8 Å². The fourth-order valence-electron chi connectivity index (χ4n) is 4.12. The fraction of sp³-hybridized carbons (Fsp3) is 0. The van der Waals surface area contributed by atoms with Gasteiger partial charge in [-0.05, 0) is 88.3 Å². The minimum absolute atomic E-state index is 0. The van der Waals surface area contributed by atoms with Gasteiger partial charge in [-0.3, -0.25) is 9.59 Å². The Hall–Kier alpha value is -2.62. The molecule has 5 aromatic rings. The summed E-state index contributed by atoms with van der Waals surface area (Å²) >= 11 is 0. The molecule has 0 atom stereocenters. The van der Waals surface area contributed by atoms with Crippen LogP contribution in [0.25, 0.3) is 21.5 Å². The average Bonchev–Trinajstić information content (AvgIpc) is 2.91. The van der Waals surface area contributed by atoms with Crippen molar-refractivity contribution < 1.29 is 94.6 Å². The second kappa shape index (κ2) is 13.3. The number of carbonyl (C=O) groups is 2. The summed E-state index contributed by atoms with van der Waals surface area (Å²) in [6.45, 7) is 0. The van der Waals surface area contributed by atoms with E-state index in [0.717, 1.165) is 0 Å². The van der Waals surface area contributed by atoms with Crippen molar-refractivity contribution in [3.05, 3.63) is 108 Å². The van der Waals surface area contributed by atoms with Crippen LogP contribution in [0.5, 0.6) is 0 Å². The van der Waals surface area contributed by atoms with Gasteiger partial charge in [-0.15, -0.1) is 0 Å². The van der Waals surface area contributed by atoms with Crippen LogP contribution in [0.2, 0.25) is 0 Å². The molecule has 0 bridgehead atoms. The summed E-state index contributed by atoms with van der Waals surface area (Å²) in [6.07, 6.45) is 0. The average molecular weight is 621 g/mol. The minimum Gasteiger partial charge on any atom is -0.744 e. The minimum atomic E-state index is -4.64. The van der Waals surface area contributed by atoms with Crippen LogP contribution in [-0.2, 0) is 20.2 Å². The maximum absolute atomic E-state index is 12.9. The molecule has 0 unspecified atom stereocenters. The van der Waals surface area contributed by atoms with Gasteiger partial charge < -0.3 is 19.7 Å². The normalized spacial score (nSPS) is 11.3. The maximum atomic E-state index is 12.9. The third-order valence-corrected chi connectivity index (χ3v) is 7.77. The van der Waals surface area contributed by atoms with Crippen molar-refractivity contribution in [2.45, 2.75) is 9.79 Å². The Balaban J connectivity index is 0.00000242. The quantitative estimate of drug-likeness (QED) is 0.167. The molecule has 14 heteroatoms. The summed E-state index contributed by atoms with van der Waals surface area (Å²) in [4.78, 5) is 25.0. The Morgan fingerprint density at radius 3 is 1.26 bits per heavy atom. The summed E-state index contributed by atoms with van der Waals surface area (Å²) in [6, 6.07) is 23.4. The van der Waals surface area contributed by atoms with Gasteiger partial charge in [0.2, 0.25) is 0 Å². The SMILES string of the molecule is O=C(Nc1ccc2ccc(S(=O)(=O)[O-])cc2c1)c1cccc(C(=O)Nc2ccc3ccc(S(=O)(=O)[O-])cc3c2)c1.[Na+].[Na+]. The van der Waals surface area contributed by atoms with E-state index in [0.29, 0.717) is 32.9 Å². The number of nitrogens with one attached hydrogen (secondary N) is 2. The molecule has 0 saturated heterocycles. The first-order chi connectivity index (χ1) is 18.9. The van der Waals surface area contributed by atoms with Gasteiger partial charge >= 0.3 is 59.1 Å². The smallest absolute Gasteiger partial charge is 0.744 e. The molecular weight excluding hydrogens is 602 g/mol. The van der Waals surface area contributed by atoms with Gasteiger partial charge in [0.15, 0.2) is 0 Å². The molecular formula is C28H18N2Na2O8S2. The number of benzene rings is 5. The first-order valence-corrected chi connectivity index (χ1v) is 14.4. The summed E-state index contributed by atoms with van der Waals surface area (Å²) < 4.78 is 68.1. The zero-order chi connectivity index (χ0) is 28.7. The molecule has 0 spiro atoms. The van der Waals surface area contributed by atoms with Crippen molar-refractivity contribution in [3.63, 3.8) is 0 Å². The van der Waals surface area contributed by atoms with E-state index in [4.69, 9.17) is 0 Å². The van der Waals surface area contributed by atoms with Gasteiger partial charge in [0.25, 0.3) is 11.8 Å². The van der Waals surface area contributed by atoms with E-state index < -0.39 is 32.1 Å². The van der Waals surface area contributed by atoms with Gasteiger partial charge in [-0.1, -0.05) is 30.3 Å². The van der Waals surface area contributed by atoms with E-state index in [-0.39, 0.29) is 80.0 Å². The molecule has 0 radical (unpaired) electrons. The first-order valence-electron chi connectivity index (χ1n) is 11.6. The molecule has 5 aromatic carbocycles. The largest absolute Gasteiger partial charge is 1.00 e. The predicted molar refractivity (Wildman–Crippen MR) is 146 cm³/mol. The Morgan fingerprint density at radius 1 is 0.500 bits per heavy atom. The van der Waals surface area contributed by atoms with Crippen molar-refractivity contribution in [1.82, 2.24) is 0 Å². The second-order valence-corrected chi connectivity index (χ2v) is 11.6. The van der Waals surface area contributed by atoms with E-state index in [9.17, 15) is 35.5 Å². The third-order valence-electron chi connectivity index (χ3n) is 6.10. The van der Waals surface area contributed by atoms with E-state index in [1.165, 1.54) is 72.8 Å². The molecule has 0 fully saturated rings. The number of rotatable bonds is 6. The van der Waals surface area contributed by atoms with Gasteiger partial charge in [0.1, 0.15) is 20.2 Å². The Labute approximate surface area is 285 Å². The van der Waals surface area contributed by atoms with E-state index >= 15 is 0 Å². The number of hydrogen-bond acceptors (Lipinski definition) is 8. The van der Waals surface area contributed by atoms with Crippen LogP contribution < -0.4 is 69.7 Å². The summed E-state index contributed by atoms with van der Waals surface area (Å²) in [5, 5.41) is 7.60. The van der Waals surface area contributed by atoms with Crippen molar-refractivity contribution in [2.24, 2.45) is 0 Å². The van der Waals surface area contributed by atoms with Gasteiger partial charge in [-0.2, -0.15) is 0 Å². The van der Waals surface area contributed by atoms with Gasteiger partial charge in [-0.25, -0.2) is 16.8 Å². The molecule has 0 aliphatic carbocycles. The van der Waals surface area contributed by atoms with Crippen LogP contribution >= 0.6 is 0 Å². The number of amides is 2. The van der Waals surface area contributed by atoms with E-state index in [1.54, 1.807) is 24.3 Å². The molecule has 42 heavy (non-hydrogen) atoms. The van der Waals surface area contributed by atoms with Crippen molar-refractivity contribution >= 4 is 65.0 Å². The third kappa shape index (κ3) is 7.85. The molecule has 0 heterocycles. The standard InChI is InChI=1S/C28H20N2O8S2.2Na/c31-27(29-23-8-4-17-6-10-25(39(33,34)35)15-21(17)13-23)19-2-1-3-20(12-19)28(32)30-24-9-5-18-7-11-26(40(36,37)38)16-22(18)14-24;;/h1-16H,(H,29,31)(H,30,32)(H,33,34,35)(H,36,37,38);;/q;2*+1/p-2. The Morgan fingerprint density at radius 2 is 0.881 bits per heavy atom. The maximum Gasteiger partial charge on any atom is 1.00 e. The second-order valence-electron chi connectivity index (χ2n) is 8.84. The summed E-state index contributed by atoms with van der Waals surface area (Å²) in [7, 11) is -9.28. The van der Waals surface area contributed by atoms with Gasteiger partial charge in [0.05, 0.1) is 9.79 Å². The van der Waals surface area contributed by atoms with Gasteiger partial charge in [0, 0.05) is 22.5 Å². The monoisotopic (exact) mass is 620 g/mol. The molecule has 0 saturated carbocycles. The van der Waals surface area contributed by atoms with Crippen LogP contribution in [0.1, 0.15) is 20.7 Å². The Bertz CT molecular complexity index is 1920. The zero-order valence-corrected chi connectivity index (χ0v) is 28.0. The molecule has 0 aliphatic rings. The van der Waals surface area contributed by atoms with Crippen molar-refractivity contribution in [2.75, 3.05) is 10.6 Å². The number of anilines is 2. The first kappa shape index (κ1) is 33.9.